The first-order valence-corrected chi connectivity index (χ1v) is 5.35. The van der Waals surface area contributed by atoms with Gasteiger partial charge < -0.3 is 15.0 Å². The third-order valence-corrected chi connectivity index (χ3v) is 2.14. The van der Waals surface area contributed by atoms with Gasteiger partial charge in [-0.3, -0.25) is 0 Å². The van der Waals surface area contributed by atoms with Crippen LogP contribution in [-0.4, -0.2) is 23.9 Å². The summed E-state index contributed by atoms with van der Waals surface area (Å²) in [4.78, 5) is 4.24. The Labute approximate surface area is 90.0 Å². The Bertz CT molecular complexity index is 275. The fraction of sp³-hybridized carbons (Fsp3) is 0.800. The molecule has 0 amide bonds. The molecule has 0 saturated carbocycles. The van der Waals surface area contributed by atoms with Gasteiger partial charge in [-0.2, -0.15) is 4.98 Å². The van der Waals surface area contributed by atoms with Gasteiger partial charge in [0.25, 0.3) is 0 Å². The summed E-state index contributed by atoms with van der Waals surface area (Å²) in [5.74, 6) is 1.28. The Hall–Kier alpha value is -0.940. The van der Waals surface area contributed by atoms with Crippen LogP contribution in [0.5, 0.6) is 0 Å². The van der Waals surface area contributed by atoms with E-state index in [0.717, 1.165) is 31.5 Å². The summed E-state index contributed by atoms with van der Waals surface area (Å²) in [7, 11) is 1.68. The SMILES string of the molecule is CCCc1noc(C(N)CCCOC)n1. The van der Waals surface area contributed by atoms with Crippen molar-refractivity contribution in [3.63, 3.8) is 0 Å². The molecule has 1 atom stereocenters. The molecule has 0 aliphatic carbocycles. The molecule has 0 spiro atoms. The number of ether oxygens (including phenoxy) is 1. The standard InChI is InChI=1S/C10H19N3O2/c1-3-5-9-12-10(15-13-9)8(11)6-4-7-14-2/h8H,3-7,11H2,1-2H3. The largest absolute Gasteiger partial charge is 0.385 e. The van der Waals surface area contributed by atoms with Crippen LogP contribution in [0.15, 0.2) is 4.52 Å². The molecule has 1 heterocycles. The molecule has 0 saturated heterocycles. The van der Waals surface area contributed by atoms with Crippen LogP contribution in [0.25, 0.3) is 0 Å². The summed E-state index contributed by atoms with van der Waals surface area (Å²) in [5.41, 5.74) is 5.89. The Balaban J connectivity index is 2.39. The van der Waals surface area contributed by atoms with Crippen molar-refractivity contribution in [2.75, 3.05) is 13.7 Å². The van der Waals surface area contributed by atoms with Crippen molar-refractivity contribution in [1.29, 1.82) is 0 Å². The Morgan fingerprint density at radius 3 is 3.00 bits per heavy atom. The number of hydrogen-bond donors (Lipinski definition) is 1. The van der Waals surface area contributed by atoms with Gasteiger partial charge in [-0.05, 0) is 19.3 Å². The topological polar surface area (TPSA) is 74.2 Å². The first-order valence-electron chi connectivity index (χ1n) is 5.35. The lowest BCUT2D eigenvalue weighted by atomic mass is 10.2. The molecule has 0 aliphatic rings. The number of aromatic nitrogens is 2. The van der Waals surface area contributed by atoms with Crippen molar-refractivity contribution in [2.45, 2.75) is 38.6 Å². The van der Waals surface area contributed by atoms with Crippen molar-refractivity contribution < 1.29 is 9.26 Å². The second-order valence-electron chi connectivity index (χ2n) is 3.54. The van der Waals surface area contributed by atoms with E-state index in [2.05, 4.69) is 17.1 Å². The maximum atomic E-state index is 5.89. The van der Waals surface area contributed by atoms with Gasteiger partial charge >= 0.3 is 0 Å². The first kappa shape index (κ1) is 12.1. The Kier molecular flexibility index (Phi) is 5.28. The van der Waals surface area contributed by atoms with Gasteiger partial charge in [0.15, 0.2) is 5.82 Å². The van der Waals surface area contributed by atoms with Crippen LogP contribution in [0.1, 0.15) is 43.9 Å². The van der Waals surface area contributed by atoms with E-state index in [1.54, 1.807) is 7.11 Å². The summed E-state index contributed by atoms with van der Waals surface area (Å²) in [6.07, 6.45) is 3.57. The monoisotopic (exact) mass is 213 g/mol. The van der Waals surface area contributed by atoms with Crippen molar-refractivity contribution in [3.05, 3.63) is 11.7 Å². The Morgan fingerprint density at radius 2 is 2.33 bits per heavy atom. The van der Waals surface area contributed by atoms with E-state index in [-0.39, 0.29) is 6.04 Å². The lowest BCUT2D eigenvalue weighted by molar-refractivity contribution is 0.188. The number of nitrogens with two attached hydrogens (primary N) is 1. The number of nitrogens with zero attached hydrogens (tertiary/aromatic N) is 2. The third-order valence-electron chi connectivity index (χ3n) is 2.14. The predicted octanol–water partition coefficient (Wildman–Crippen LogP) is 1.45. The summed E-state index contributed by atoms with van der Waals surface area (Å²) in [5, 5.41) is 3.86. The second-order valence-corrected chi connectivity index (χ2v) is 3.54. The maximum absolute atomic E-state index is 5.89. The van der Waals surface area contributed by atoms with Gasteiger partial charge in [-0.1, -0.05) is 12.1 Å². The van der Waals surface area contributed by atoms with Gasteiger partial charge in [-0.15, -0.1) is 0 Å². The highest BCUT2D eigenvalue weighted by atomic mass is 16.5. The predicted molar refractivity (Wildman–Crippen MR) is 56.3 cm³/mol. The van der Waals surface area contributed by atoms with Gasteiger partial charge in [0.1, 0.15) is 0 Å². The highest BCUT2D eigenvalue weighted by Gasteiger charge is 2.13. The van der Waals surface area contributed by atoms with Crippen LogP contribution >= 0.6 is 0 Å². The van der Waals surface area contributed by atoms with Crippen LogP contribution in [0, 0.1) is 0 Å². The molecule has 5 heteroatoms. The zero-order chi connectivity index (χ0) is 11.1. The van der Waals surface area contributed by atoms with E-state index in [1.165, 1.54) is 0 Å². The highest BCUT2D eigenvalue weighted by molar-refractivity contribution is 4.91. The van der Waals surface area contributed by atoms with Crippen LogP contribution in [0.2, 0.25) is 0 Å². The van der Waals surface area contributed by atoms with E-state index in [0.29, 0.717) is 12.5 Å². The fourth-order valence-electron chi connectivity index (χ4n) is 1.31. The molecule has 1 unspecified atom stereocenters. The minimum atomic E-state index is -0.168. The quantitative estimate of drug-likeness (QED) is 0.694. The molecule has 1 rings (SSSR count). The smallest absolute Gasteiger partial charge is 0.243 e. The van der Waals surface area contributed by atoms with Crippen LogP contribution < -0.4 is 5.73 Å². The van der Waals surface area contributed by atoms with Gasteiger partial charge in [0, 0.05) is 20.1 Å². The third kappa shape index (κ3) is 3.97. The number of methoxy groups -OCH3 is 1. The minimum absolute atomic E-state index is 0.168. The molecule has 1 aromatic heterocycles. The zero-order valence-electron chi connectivity index (χ0n) is 9.40. The molecular weight excluding hydrogens is 194 g/mol. The first-order chi connectivity index (χ1) is 7.27. The van der Waals surface area contributed by atoms with Crippen LogP contribution in [-0.2, 0) is 11.2 Å². The van der Waals surface area contributed by atoms with Crippen molar-refractivity contribution >= 4 is 0 Å². The molecule has 5 nitrogen and oxygen atoms in total. The zero-order valence-corrected chi connectivity index (χ0v) is 9.40. The summed E-state index contributed by atoms with van der Waals surface area (Å²) in [6, 6.07) is -0.168. The second kappa shape index (κ2) is 6.53. The number of rotatable bonds is 7. The highest BCUT2D eigenvalue weighted by Crippen LogP contribution is 2.13. The normalized spacial score (nSPS) is 13.0. The van der Waals surface area contributed by atoms with E-state index in [1.807, 2.05) is 0 Å². The van der Waals surface area contributed by atoms with E-state index in [9.17, 15) is 0 Å². The molecule has 2 N–H and O–H groups in total. The van der Waals surface area contributed by atoms with Crippen molar-refractivity contribution in [1.82, 2.24) is 10.1 Å². The maximum Gasteiger partial charge on any atom is 0.243 e. The molecular formula is C10H19N3O2. The minimum Gasteiger partial charge on any atom is -0.385 e. The molecule has 0 aliphatic heterocycles. The van der Waals surface area contributed by atoms with E-state index >= 15 is 0 Å². The van der Waals surface area contributed by atoms with Crippen molar-refractivity contribution in [3.8, 4) is 0 Å². The summed E-state index contributed by atoms with van der Waals surface area (Å²) in [6.45, 7) is 2.79. The fourth-order valence-corrected chi connectivity index (χ4v) is 1.31. The molecule has 0 radical (unpaired) electrons. The molecule has 0 fully saturated rings. The lowest BCUT2D eigenvalue weighted by Gasteiger charge is -2.04. The van der Waals surface area contributed by atoms with Gasteiger partial charge in [0.2, 0.25) is 5.89 Å². The van der Waals surface area contributed by atoms with Crippen molar-refractivity contribution in [2.24, 2.45) is 5.73 Å². The van der Waals surface area contributed by atoms with Gasteiger partial charge in [0.05, 0.1) is 6.04 Å². The van der Waals surface area contributed by atoms with Crippen LogP contribution in [0.4, 0.5) is 0 Å². The molecule has 86 valence electrons. The molecule has 0 bridgehead atoms. The number of aryl methyl sites for hydroxylation is 1. The molecule has 15 heavy (non-hydrogen) atoms. The average Bonchev–Trinajstić information content (AvgIpc) is 2.67. The van der Waals surface area contributed by atoms with Gasteiger partial charge in [-0.25, -0.2) is 0 Å². The average molecular weight is 213 g/mol. The molecule has 0 aromatic carbocycles. The van der Waals surface area contributed by atoms with E-state index < -0.39 is 0 Å². The molecule has 1 aromatic rings. The summed E-state index contributed by atoms with van der Waals surface area (Å²) < 4.78 is 10.0. The Morgan fingerprint density at radius 1 is 1.53 bits per heavy atom. The van der Waals surface area contributed by atoms with Crippen LogP contribution in [0.3, 0.4) is 0 Å². The summed E-state index contributed by atoms with van der Waals surface area (Å²) >= 11 is 0. The lowest BCUT2D eigenvalue weighted by Crippen LogP contribution is -2.11. The number of hydrogen-bond acceptors (Lipinski definition) is 5. The van der Waals surface area contributed by atoms with E-state index in [4.69, 9.17) is 15.0 Å².